The summed E-state index contributed by atoms with van der Waals surface area (Å²) in [7, 11) is -4.12. The van der Waals surface area contributed by atoms with E-state index < -0.39 is 26.4 Å². The van der Waals surface area contributed by atoms with Crippen molar-refractivity contribution in [1.82, 2.24) is 0 Å². The number of hydrogen-bond donors (Lipinski definition) is 1. The van der Waals surface area contributed by atoms with Crippen molar-refractivity contribution in [2.24, 2.45) is 0 Å². The van der Waals surface area contributed by atoms with Crippen molar-refractivity contribution >= 4 is 59.0 Å². The second kappa shape index (κ2) is 7.86. The van der Waals surface area contributed by atoms with Crippen LogP contribution in [0.4, 0.5) is 11.4 Å². The van der Waals surface area contributed by atoms with Gasteiger partial charge in [0.05, 0.1) is 11.2 Å². The van der Waals surface area contributed by atoms with Crippen LogP contribution < -0.4 is 4.72 Å². The Morgan fingerprint density at radius 2 is 1.71 bits per heavy atom. The number of nitro benzene ring substituents is 1. The molecular weight excluding hydrogens is 520 g/mol. The summed E-state index contributed by atoms with van der Waals surface area (Å²) < 4.78 is 33.0. The minimum Gasteiger partial charge on any atom is -0.471 e. The number of nitrogens with zero attached hydrogens (tertiary/aromatic N) is 1. The van der Waals surface area contributed by atoms with Crippen LogP contribution >= 0.6 is 31.9 Å². The summed E-state index contributed by atoms with van der Waals surface area (Å²) in [4.78, 5) is 23.1. The Balaban J connectivity index is 2.03. The van der Waals surface area contributed by atoms with Gasteiger partial charge in [-0.05, 0) is 68.3 Å². The van der Waals surface area contributed by atoms with Gasteiger partial charge in [-0.15, -0.1) is 0 Å². The Hall–Kier alpha value is -2.50. The van der Waals surface area contributed by atoms with Crippen LogP contribution in [0.5, 0.6) is 0 Å². The summed E-state index contributed by atoms with van der Waals surface area (Å²) in [5.74, 6) is -0.424. The molecule has 0 radical (unpaired) electrons. The number of ketones is 1. The lowest BCUT2D eigenvalue weighted by atomic mass is 10.0. The third-order valence-electron chi connectivity index (χ3n) is 3.69. The van der Waals surface area contributed by atoms with Crippen molar-refractivity contribution in [3.05, 3.63) is 85.2 Å². The molecule has 1 N–H and O–H groups in total. The zero-order valence-electron chi connectivity index (χ0n) is 13.8. The second-order valence-corrected chi connectivity index (χ2v) is 8.90. The maximum absolute atomic E-state index is 12.7. The number of halogens is 2. The molecule has 0 atom stereocenters. The van der Waals surface area contributed by atoms with E-state index in [1.807, 2.05) is 0 Å². The predicted octanol–water partition coefficient (Wildman–Crippen LogP) is 4.74. The van der Waals surface area contributed by atoms with E-state index in [0.29, 0.717) is 10.0 Å². The van der Waals surface area contributed by atoms with Crippen LogP contribution in [-0.4, -0.2) is 19.1 Å². The van der Waals surface area contributed by atoms with Gasteiger partial charge in [0.2, 0.25) is 0 Å². The molecule has 2 aromatic carbocycles. The highest BCUT2D eigenvalue weighted by molar-refractivity contribution is 9.13. The molecule has 0 saturated carbocycles. The number of nitro groups is 1. The monoisotopic (exact) mass is 528 g/mol. The lowest BCUT2D eigenvalue weighted by Gasteiger charge is -2.09. The Morgan fingerprint density at radius 1 is 1.04 bits per heavy atom. The molecule has 144 valence electrons. The lowest BCUT2D eigenvalue weighted by Crippen LogP contribution is -2.14. The van der Waals surface area contributed by atoms with Crippen LogP contribution in [0.2, 0.25) is 0 Å². The van der Waals surface area contributed by atoms with Crippen LogP contribution in [0, 0.1) is 10.1 Å². The summed E-state index contributed by atoms with van der Waals surface area (Å²) in [6.45, 7) is 0. The zero-order valence-corrected chi connectivity index (χ0v) is 17.7. The van der Waals surface area contributed by atoms with Crippen molar-refractivity contribution < 1.29 is 22.6 Å². The Morgan fingerprint density at radius 3 is 2.32 bits per heavy atom. The molecule has 28 heavy (non-hydrogen) atoms. The average molecular weight is 530 g/mol. The highest BCUT2D eigenvalue weighted by Gasteiger charge is 2.23. The lowest BCUT2D eigenvalue weighted by molar-refractivity contribution is -0.383. The van der Waals surface area contributed by atoms with Gasteiger partial charge in [0.1, 0.15) is 16.8 Å². The van der Waals surface area contributed by atoms with Crippen molar-refractivity contribution in [2.75, 3.05) is 4.72 Å². The Labute approximate surface area is 176 Å². The fraction of sp³-hybridized carbons (Fsp3) is 0. The molecule has 1 heterocycles. The maximum Gasteiger partial charge on any atom is 0.293 e. The van der Waals surface area contributed by atoms with E-state index in [4.69, 9.17) is 4.42 Å². The van der Waals surface area contributed by atoms with Gasteiger partial charge in [-0.25, -0.2) is 8.42 Å². The van der Waals surface area contributed by atoms with E-state index >= 15 is 0 Å². The number of sulfonamides is 1. The predicted molar refractivity (Wildman–Crippen MR) is 108 cm³/mol. The van der Waals surface area contributed by atoms with E-state index in [1.54, 1.807) is 18.2 Å². The number of rotatable bonds is 6. The van der Waals surface area contributed by atoms with Crippen LogP contribution in [-0.2, 0) is 10.0 Å². The Bertz CT molecular complexity index is 1180. The van der Waals surface area contributed by atoms with Crippen LogP contribution in [0.15, 0.2) is 73.2 Å². The topological polar surface area (TPSA) is 120 Å². The van der Waals surface area contributed by atoms with Crippen molar-refractivity contribution in [2.45, 2.75) is 4.90 Å². The summed E-state index contributed by atoms with van der Waals surface area (Å²) >= 11 is 6.61. The normalized spacial score (nSPS) is 11.2. The highest BCUT2D eigenvalue weighted by atomic mass is 79.9. The first-order valence-corrected chi connectivity index (χ1v) is 10.6. The van der Waals surface area contributed by atoms with Crippen LogP contribution in [0.3, 0.4) is 0 Å². The van der Waals surface area contributed by atoms with E-state index in [0.717, 1.165) is 29.1 Å². The summed E-state index contributed by atoms with van der Waals surface area (Å²) in [5, 5.41) is 11.3. The number of anilines is 1. The summed E-state index contributed by atoms with van der Waals surface area (Å²) in [6, 6.07) is 9.51. The second-order valence-electron chi connectivity index (χ2n) is 5.51. The molecular formula is C17H10Br2N2O6S. The molecule has 0 spiro atoms. The smallest absolute Gasteiger partial charge is 0.293 e. The first-order valence-electron chi connectivity index (χ1n) is 7.52. The van der Waals surface area contributed by atoms with Gasteiger partial charge in [-0.1, -0.05) is 0 Å². The highest BCUT2D eigenvalue weighted by Crippen LogP contribution is 2.30. The first kappa shape index (κ1) is 20.2. The van der Waals surface area contributed by atoms with Crippen LogP contribution in [0.1, 0.15) is 15.9 Å². The van der Waals surface area contributed by atoms with Gasteiger partial charge in [-0.3, -0.25) is 19.6 Å². The number of furan rings is 1. The molecule has 0 unspecified atom stereocenters. The molecule has 8 nitrogen and oxygen atoms in total. The maximum atomic E-state index is 12.7. The van der Waals surface area contributed by atoms with E-state index in [2.05, 4.69) is 36.6 Å². The molecule has 3 rings (SSSR count). The number of hydrogen-bond acceptors (Lipinski definition) is 6. The van der Waals surface area contributed by atoms with Gasteiger partial charge in [0.25, 0.3) is 15.7 Å². The van der Waals surface area contributed by atoms with E-state index in [1.165, 1.54) is 12.1 Å². The quantitative estimate of drug-likeness (QED) is 0.279. The first-order chi connectivity index (χ1) is 13.2. The largest absolute Gasteiger partial charge is 0.471 e. The third-order valence-corrected chi connectivity index (χ3v) is 6.91. The minimum atomic E-state index is -4.12. The molecule has 0 aliphatic carbocycles. The molecule has 0 saturated heterocycles. The fourth-order valence-electron chi connectivity index (χ4n) is 2.33. The van der Waals surface area contributed by atoms with Crippen molar-refractivity contribution in [3.63, 3.8) is 0 Å². The standard InChI is InChI=1S/C17H10Br2N2O6S/c18-13-3-1-10(7-14(13)19)17(22)11-2-4-16(21(23)24)15(8-11)20-28(25,26)12-5-6-27-9-12/h1-9,20H. The van der Waals surface area contributed by atoms with Gasteiger partial charge in [0.15, 0.2) is 5.78 Å². The molecule has 3 aromatic rings. The molecule has 1 aromatic heterocycles. The fourth-order valence-corrected chi connectivity index (χ4v) is 3.94. The van der Waals surface area contributed by atoms with E-state index in [9.17, 15) is 23.3 Å². The van der Waals surface area contributed by atoms with Gasteiger partial charge in [0, 0.05) is 26.1 Å². The molecule has 0 bridgehead atoms. The summed E-state index contributed by atoms with van der Waals surface area (Å²) in [5.41, 5.74) is -0.397. The number of nitrogens with one attached hydrogen (secondary N) is 1. The summed E-state index contributed by atoms with van der Waals surface area (Å²) in [6.07, 6.45) is 2.15. The van der Waals surface area contributed by atoms with Gasteiger partial charge in [-0.2, -0.15) is 0 Å². The zero-order chi connectivity index (χ0) is 20.5. The average Bonchev–Trinajstić information content (AvgIpc) is 3.18. The molecule has 0 amide bonds. The molecule has 0 aliphatic rings. The van der Waals surface area contributed by atoms with E-state index in [-0.39, 0.29) is 16.1 Å². The third kappa shape index (κ3) is 4.16. The molecule has 0 fully saturated rings. The number of carbonyl (C=O) groups excluding carboxylic acids is 1. The number of benzene rings is 2. The SMILES string of the molecule is O=C(c1ccc(Br)c(Br)c1)c1ccc([N+](=O)[O-])c(NS(=O)(=O)c2ccoc2)c1. The van der Waals surface area contributed by atoms with Crippen LogP contribution in [0.25, 0.3) is 0 Å². The van der Waals surface area contributed by atoms with Crippen molar-refractivity contribution in [3.8, 4) is 0 Å². The van der Waals surface area contributed by atoms with Gasteiger partial charge >= 0.3 is 0 Å². The molecule has 0 aliphatic heterocycles. The Kier molecular flexibility index (Phi) is 5.68. The van der Waals surface area contributed by atoms with Gasteiger partial charge < -0.3 is 4.42 Å². The minimum absolute atomic E-state index is 0.0877. The number of carbonyl (C=O) groups is 1. The van der Waals surface area contributed by atoms with Crippen molar-refractivity contribution in [1.29, 1.82) is 0 Å². The molecule has 11 heteroatoms.